The Hall–Kier alpha value is -2.30. The number of fused-ring (bicyclic) bond motifs is 1. The van der Waals surface area contributed by atoms with Crippen LogP contribution in [-0.2, 0) is 0 Å². The fraction of sp³-hybridized carbons (Fsp3) is 0. The topological polar surface area (TPSA) is 82.5 Å². The van der Waals surface area contributed by atoms with Crippen molar-refractivity contribution in [3.8, 4) is 5.75 Å². The van der Waals surface area contributed by atoms with Crippen molar-refractivity contribution in [2.75, 3.05) is 0 Å². The number of carbonyl (C=O) groups excluding carboxylic acids is 2. The van der Waals surface area contributed by atoms with Gasteiger partial charge in [-0.05, 0) is 12.1 Å². The van der Waals surface area contributed by atoms with Gasteiger partial charge >= 0.3 is 6.09 Å². The Bertz CT molecular complexity index is 529. The zero-order chi connectivity index (χ0) is 10.8. The van der Waals surface area contributed by atoms with E-state index in [9.17, 15) is 9.59 Å². The summed E-state index contributed by atoms with van der Waals surface area (Å²) < 4.78 is 9.85. The van der Waals surface area contributed by atoms with E-state index in [-0.39, 0.29) is 11.5 Å². The molecule has 0 aliphatic carbocycles. The fourth-order valence-electron chi connectivity index (χ4n) is 1.32. The van der Waals surface area contributed by atoms with E-state index >= 15 is 0 Å². The number of primary amides is 1. The highest BCUT2D eigenvalue weighted by molar-refractivity contribution is 5.94. The van der Waals surface area contributed by atoms with Crippen molar-refractivity contribution in [3.05, 3.63) is 30.0 Å². The van der Waals surface area contributed by atoms with Crippen LogP contribution in [0.2, 0.25) is 0 Å². The van der Waals surface area contributed by atoms with Gasteiger partial charge in [-0.3, -0.25) is 4.79 Å². The van der Waals surface area contributed by atoms with Crippen LogP contribution >= 0.6 is 0 Å². The van der Waals surface area contributed by atoms with Crippen molar-refractivity contribution < 1.29 is 18.7 Å². The molecule has 5 heteroatoms. The predicted octanol–water partition coefficient (Wildman–Crippen LogP) is 1.70. The summed E-state index contributed by atoms with van der Waals surface area (Å²) in [4.78, 5) is 21.3. The van der Waals surface area contributed by atoms with Gasteiger partial charge in [-0.25, -0.2) is 4.79 Å². The fourth-order valence-corrected chi connectivity index (χ4v) is 1.32. The second kappa shape index (κ2) is 3.45. The molecule has 2 rings (SSSR count). The van der Waals surface area contributed by atoms with Crippen LogP contribution in [0.5, 0.6) is 5.75 Å². The minimum Gasteiger partial charge on any atom is -0.449 e. The van der Waals surface area contributed by atoms with E-state index in [1.165, 1.54) is 0 Å². The lowest BCUT2D eigenvalue weighted by Gasteiger charge is -1.96. The monoisotopic (exact) mass is 205 g/mol. The van der Waals surface area contributed by atoms with Crippen molar-refractivity contribution in [2.24, 2.45) is 5.73 Å². The first-order chi connectivity index (χ1) is 7.22. The summed E-state index contributed by atoms with van der Waals surface area (Å²) >= 11 is 0. The molecule has 0 bridgehead atoms. The third-order valence-electron chi connectivity index (χ3n) is 1.89. The number of furan rings is 1. The molecular formula is C10H7NO4. The van der Waals surface area contributed by atoms with Gasteiger partial charge in [0.15, 0.2) is 12.0 Å². The Labute approximate surface area is 84.4 Å². The van der Waals surface area contributed by atoms with E-state index in [1.54, 1.807) is 24.3 Å². The first kappa shape index (κ1) is 9.26. The molecule has 0 saturated heterocycles. The maximum absolute atomic E-state index is 10.7. The molecule has 1 heterocycles. The number of carbonyl (C=O) groups is 2. The van der Waals surface area contributed by atoms with Crippen LogP contribution in [0, 0.1) is 0 Å². The van der Waals surface area contributed by atoms with Crippen LogP contribution in [-0.4, -0.2) is 12.4 Å². The van der Waals surface area contributed by atoms with Gasteiger partial charge in [-0.15, -0.1) is 0 Å². The van der Waals surface area contributed by atoms with Gasteiger partial charge in [0.1, 0.15) is 5.58 Å². The summed E-state index contributed by atoms with van der Waals surface area (Å²) in [6.07, 6.45) is -0.511. The summed E-state index contributed by atoms with van der Waals surface area (Å²) in [6, 6.07) is 6.81. The van der Waals surface area contributed by atoms with Gasteiger partial charge in [-0.1, -0.05) is 12.1 Å². The van der Waals surface area contributed by atoms with E-state index in [0.29, 0.717) is 17.3 Å². The van der Waals surface area contributed by atoms with Crippen molar-refractivity contribution >= 4 is 23.3 Å². The van der Waals surface area contributed by atoms with Gasteiger partial charge < -0.3 is 14.9 Å². The van der Waals surface area contributed by atoms with E-state index in [0.717, 1.165) is 0 Å². The molecule has 1 aromatic carbocycles. The summed E-state index contributed by atoms with van der Waals surface area (Å²) in [5.41, 5.74) is 5.35. The van der Waals surface area contributed by atoms with Crippen LogP contribution in [0.15, 0.2) is 28.7 Å². The van der Waals surface area contributed by atoms with Gasteiger partial charge in [0.05, 0.1) is 5.39 Å². The van der Waals surface area contributed by atoms with Gasteiger partial charge in [0.2, 0.25) is 5.76 Å². The number of aldehydes is 1. The second-order valence-corrected chi connectivity index (χ2v) is 2.83. The molecule has 0 spiro atoms. The molecule has 1 amide bonds. The standard InChI is InChI=1S/C10H7NO4/c11-10(13)15-9-6-3-1-2-4-7(6)14-8(9)5-12/h1-5H,(H2,11,13). The van der Waals surface area contributed by atoms with Crippen molar-refractivity contribution in [1.29, 1.82) is 0 Å². The van der Waals surface area contributed by atoms with Crippen LogP contribution in [0.4, 0.5) is 4.79 Å². The molecule has 0 unspecified atom stereocenters. The van der Waals surface area contributed by atoms with Crippen molar-refractivity contribution in [3.63, 3.8) is 0 Å². The average molecular weight is 205 g/mol. The number of amides is 1. The molecule has 15 heavy (non-hydrogen) atoms. The third-order valence-corrected chi connectivity index (χ3v) is 1.89. The Morgan fingerprint density at radius 2 is 2.13 bits per heavy atom. The van der Waals surface area contributed by atoms with Crippen LogP contribution in [0.3, 0.4) is 0 Å². The molecule has 0 saturated carbocycles. The number of ether oxygens (including phenoxy) is 1. The number of hydrogen-bond acceptors (Lipinski definition) is 4. The summed E-state index contributed by atoms with van der Waals surface area (Å²) in [5, 5.41) is 0.540. The Morgan fingerprint density at radius 1 is 1.40 bits per heavy atom. The molecule has 2 aromatic rings. The minimum atomic E-state index is -0.982. The second-order valence-electron chi connectivity index (χ2n) is 2.83. The Morgan fingerprint density at radius 3 is 2.80 bits per heavy atom. The Kier molecular flexibility index (Phi) is 2.13. The zero-order valence-electron chi connectivity index (χ0n) is 7.60. The molecular weight excluding hydrogens is 198 g/mol. The maximum atomic E-state index is 10.7. The summed E-state index contributed by atoms with van der Waals surface area (Å²) in [5.74, 6) is 0.0168. The predicted molar refractivity (Wildman–Crippen MR) is 51.8 cm³/mol. The highest BCUT2D eigenvalue weighted by Gasteiger charge is 2.16. The maximum Gasteiger partial charge on any atom is 0.410 e. The Balaban J connectivity index is 2.66. The average Bonchev–Trinajstić information content (AvgIpc) is 2.56. The first-order valence-corrected chi connectivity index (χ1v) is 4.16. The molecule has 5 nitrogen and oxygen atoms in total. The van der Waals surface area contributed by atoms with E-state index < -0.39 is 6.09 Å². The largest absolute Gasteiger partial charge is 0.449 e. The highest BCUT2D eigenvalue weighted by atomic mass is 16.6. The summed E-state index contributed by atoms with van der Waals surface area (Å²) in [7, 11) is 0. The molecule has 1 aromatic heterocycles. The first-order valence-electron chi connectivity index (χ1n) is 4.16. The minimum absolute atomic E-state index is 0.0463. The molecule has 0 radical (unpaired) electrons. The zero-order valence-corrected chi connectivity index (χ0v) is 7.60. The highest BCUT2D eigenvalue weighted by Crippen LogP contribution is 2.31. The van der Waals surface area contributed by atoms with Crippen LogP contribution in [0.25, 0.3) is 11.0 Å². The lowest BCUT2D eigenvalue weighted by Crippen LogP contribution is -2.16. The number of para-hydroxylation sites is 1. The molecule has 0 atom stereocenters. The van der Waals surface area contributed by atoms with E-state index in [4.69, 9.17) is 14.9 Å². The van der Waals surface area contributed by atoms with Crippen molar-refractivity contribution in [1.82, 2.24) is 0 Å². The smallest absolute Gasteiger partial charge is 0.410 e. The van der Waals surface area contributed by atoms with Crippen molar-refractivity contribution in [2.45, 2.75) is 0 Å². The normalized spacial score (nSPS) is 10.1. The van der Waals surface area contributed by atoms with E-state index in [1.807, 2.05) is 0 Å². The molecule has 0 fully saturated rings. The van der Waals surface area contributed by atoms with Crippen LogP contribution in [0.1, 0.15) is 10.6 Å². The summed E-state index contributed by atoms with van der Waals surface area (Å²) in [6.45, 7) is 0. The molecule has 76 valence electrons. The lowest BCUT2D eigenvalue weighted by atomic mass is 10.2. The van der Waals surface area contributed by atoms with Gasteiger partial charge in [-0.2, -0.15) is 0 Å². The number of benzene rings is 1. The quantitative estimate of drug-likeness (QED) is 0.756. The number of hydrogen-bond donors (Lipinski definition) is 1. The lowest BCUT2D eigenvalue weighted by molar-refractivity contribution is 0.109. The third kappa shape index (κ3) is 1.54. The number of rotatable bonds is 2. The molecule has 0 aliphatic rings. The SMILES string of the molecule is NC(=O)Oc1c(C=O)oc2ccccc12. The molecule has 0 aliphatic heterocycles. The van der Waals surface area contributed by atoms with E-state index in [2.05, 4.69) is 0 Å². The molecule has 2 N–H and O–H groups in total. The van der Waals surface area contributed by atoms with Gasteiger partial charge in [0, 0.05) is 0 Å². The van der Waals surface area contributed by atoms with Gasteiger partial charge in [0.25, 0.3) is 0 Å². The van der Waals surface area contributed by atoms with Crippen LogP contribution < -0.4 is 10.5 Å². The number of nitrogens with two attached hydrogens (primary N) is 1.